The number of hydrogen-bond acceptors (Lipinski definition) is 5. The van der Waals surface area contributed by atoms with E-state index in [0.29, 0.717) is 22.3 Å². The van der Waals surface area contributed by atoms with Gasteiger partial charge < -0.3 is 10.1 Å². The predicted octanol–water partition coefficient (Wildman–Crippen LogP) is 2.11. The summed E-state index contributed by atoms with van der Waals surface area (Å²) in [4.78, 5) is 24.1. The van der Waals surface area contributed by atoms with Crippen LogP contribution in [0.5, 0.6) is 5.75 Å². The van der Waals surface area contributed by atoms with E-state index in [1.807, 2.05) is 6.92 Å². The number of rotatable bonds is 4. The number of nitrogens with zero attached hydrogens (tertiary/aromatic N) is 1. The van der Waals surface area contributed by atoms with Crippen LogP contribution in [0.1, 0.15) is 27.6 Å². The van der Waals surface area contributed by atoms with Crippen LogP contribution >= 0.6 is 0 Å². The lowest BCUT2D eigenvalue weighted by molar-refractivity contribution is 0.0890. The topological polar surface area (TPSA) is 92.8 Å². The van der Waals surface area contributed by atoms with E-state index in [1.54, 1.807) is 24.3 Å². The number of hydrogen-bond donors (Lipinski definition) is 1. The van der Waals surface area contributed by atoms with Gasteiger partial charge in [0.05, 0.1) is 12.2 Å². The number of carbonyl (C=O) groups is 2. The van der Waals surface area contributed by atoms with Crippen LogP contribution in [0.15, 0.2) is 47.4 Å². The summed E-state index contributed by atoms with van der Waals surface area (Å²) in [5.41, 5.74) is 0.768. The second-order valence-corrected chi connectivity index (χ2v) is 7.34. The van der Waals surface area contributed by atoms with Crippen LogP contribution in [0.25, 0.3) is 0 Å². The van der Waals surface area contributed by atoms with Crippen molar-refractivity contribution in [2.45, 2.75) is 11.8 Å². The van der Waals surface area contributed by atoms with Crippen molar-refractivity contribution in [2.24, 2.45) is 0 Å². The van der Waals surface area contributed by atoms with Gasteiger partial charge in [-0.1, -0.05) is 0 Å². The minimum Gasteiger partial charge on any atom is -0.494 e. The molecule has 1 aliphatic heterocycles. The number of carbonyl (C=O) groups excluding carboxylic acids is 2. The maximum atomic E-state index is 12.4. The average Bonchev–Trinajstić information content (AvgIpc) is 2.77. The summed E-state index contributed by atoms with van der Waals surface area (Å²) in [7, 11) is -2.70. The van der Waals surface area contributed by atoms with E-state index in [2.05, 4.69) is 5.32 Å². The molecule has 3 rings (SSSR count). The second-order valence-electron chi connectivity index (χ2n) is 5.40. The summed E-state index contributed by atoms with van der Waals surface area (Å²) in [5, 5.41) is 2.68. The number of nitrogens with one attached hydrogen (secondary N) is 1. The van der Waals surface area contributed by atoms with E-state index in [0.717, 1.165) is 0 Å². The highest BCUT2D eigenvalue weighted by molar-refractivity contribution is 7.90. The Morgan fingerprint density at radius 2 is 1.84 bits per heavy atom. The van der Waals surface area contributed by atoms with Gasteiger partial charge in [0.25, 0.3) is 21.8 Å². The smallest absolute Gasteiger partial charge is 0.268 e. The lowest BCUT2D eigenvalue weighted by Crippen LogP contribution is -2.24. The second kappa shape index (κ2) is 6.21. The van der Waals surface area contributed by atoms with E-state index in [-0.39, 0.29) is 16.0 Å². The molecule has 0 bridgehead atoms. The summed E-state index contributed by atoms with van der Waals surface area (Å²) in [6.07, 6.45) is 0. The van der Waals surface area contributed by atoms with Gasteiger partial charge in [0.1, 0.15) is 10.6 Å². The highest BCUT2D eigenvalue weighted by atomic mass is 32.2. The summed E-state index contributed by atoms with van der Waals surface area (Å²) in [6, 6.07) is 10.8. The number of ether oxygens (including phenoxy) is 1. The minimum atomic E-state index is -3.89. The molecule has 0 aliphatic carbocycles. The largest absolute Gasteiger partial charge is 0.494 e. The molecular weight excluding hydrogens is 344 g/mol. The molecule has 2 amide bonds. The van der Waals surface area contributed by atoms with Crippen LogP contribution in [0.2, 0.25) is 0 Å². The van der Waals surface area contributed by atoms with Crippen molar-refractivity contribution in [1.29, 1.82) is 0 Å². The summed E-state index contributed by atoms with van der Waals surface area (Å²) < 4.78 is 30.4. The highest BCUT2D eigenvalue weighted by Crippen LogP contribution is 2.30. The van der Waals surface area contributed by atoms with E-state index in [4.69, 9.17) is 4.74 Å². The number of sulfonamides is 1. The Kier molecular flexibility index (Phi) is 4.22. The fourth-order valence-corrected chi connectivity index (χ4v) is 3.81. The molecule has 0 aromatic heterocycles. The Morgan fingerprint density at radius 1 is 1.16 bits per heavy atom. The zero-order chi connectivity index (χ0) is 18.2. The number of fused-ring (bicyclic) bond motifs is 1. The van der Waals surface area contributed by atoms with E-state index >= 15 is 0 Å². The van der Waals surface area contributed by atoms with E-state index in [1.165, 1.54) is 25.2 Å². The normalized spacial score (nSPS) is 15.0. The lowest BCUT2D eigenvalue weighted by atomic mass is 10.1. The molecule has 2 aromatic carbocycles. The third-order valence-corrected chi connectivity index (χ3v) is 5.60. The Morgan fingerprint density at radius 3 is 2.48 bits per heavy atom. The minimum absolute atomic E-state index is 0.0696. The van der Waals surface area contributed by atoms with Gasteiger partial charge in [-0.25, -0.2) is 12.7 Å². The van der Waals surface area contributed by atoms with Gasteiger partial charge in [0, 0.05) is 18.3 Å². The number of anilines is 1. The summed E-state index contributed by atoms with van der Waals surface area (Å²) in [6.45, 7) is 2.42. The zero-order valence-electron chi connectivity index (χ0n) is 13.6. The molecule has 25 heavy (non-hydrogen) atoms. The zero-order valence-corrected chi connectivity index (χ0v) is 14.5. The van der Waals surface area contributed by atoms with Crippen LogP contribution in [0, 0.1) is 0 Å². The maximum Gasteiger partial charge on any atom is 0.268 e. The van der Waals surface area contributed by atoms with Gasteiger partial charge in [-0.3, -0.25) is 9.59 Å². The molecule has 1 N–H and O–H groups in total. The number of benzene rings is 2. The van der Waals surface area contributed by atoms with Crippen molar-refractivity contribution >= 4 is 27.5 Å². The molecule has 0 saturated carbocycles. The highest BCUT2D eigenvalue weighted by Gasteiger charge is 2.38. The molecule has 0 unspecified atom stereocenters. The quantitative estimate of drug-likeness (QED) is 0.901. The van der Waals surface area contributed by atoms with Crippen LogP contribution in [-0.4, -0.2) is 38.2 Å². The third-order valence-electron chi connectivity index (χ3n) is 3.82. The van der Waals surface area contributed by atoms with Gasteiger partial charge in [-0.2, -0.15) is 0 Å². The van der Waals surface area contributed by atoms with Crippen molar-refractivity contribution in [3.05, 3.63) is 53.6 Å². The van der Waals surface area contributed by atoms with Crippen LogP contribution in [0.3, 0.4) is 0 Å². The van der Waals surface area contributed by atoms with Gasteiger partial charge in [-0.05, 0) is 49.4 Å². The Bertz CT molecular complexity index is 952. The average molecular weight is 360 g/mol. The molecule has 8 heteroatoms. The molecular formula is C17H16N2O5S. The van der Waals surface area contributed by atoms with Crippen LogP contribution in [-0.2, 0) is 10.0 Å². The van der Waals surface area contributed by atoms with Gasteiger partial charge in [0.2, 0.25) is 0 Å². The third kappa shape index (κ3) is 2.96. The van der Waals surface area contributed by atoms with Crippen LogP contribution < -0.4 is 10.1 Å². The molecule has 0 spiro atoms. The molecule has 0 fully saturated rings. The first kappa shape index (κ1) is 17.0. The number of amides is 2. The maximum absolute atomic E-state index is 12.4. The Labute approximate surface area is 145 Å². The summed E-state index contributed by atoms with van der Waals surface area (Å²) in [5.74, 6) is -0.386. The molecule has 0 atom stereocenters. The molecule has 0 radical (unpaired) electrons. The fraction of sp³-hybridized carbons (Fsp3) is 0.176. The van der Waals surface area contributed by atoms with Gasteiger partial charge >= 0.3 is 0 Å². The molecule has 7 nitrogen and oxygen atoms in total. The SMILES string of the molecule is CCOc1ccc(NC(=O)c2ccc3c(c2)S(=O)(=O)N(C)C3=O)cc1. The van der Waals surface area contributed by atoms with Crippen LogP contribution in [0.4, 0.5) is 5.69 Å². The Hall–Kier alpha value is -2.87. The van der Waals surface area contributed by atoms with Crippen molar-refractivity contribution in [1.82, 2.24) is 4.31 Å². The molecule has 2 aromatic rings. The molecule has 130 valence electrons. The van der Waals surface area contributed by atoms with Gasteiger partial charge in [0.15, 0.2) is 0 Å². The van der Waals surface area contributed by atoms with E-state index < -0.39 is 21.8 Å². The molecule has 1 heterocycles. The fourth-order valence-electron chi connectivity index (χ4n) is 2.48. The summed E-state index contributed by atoms with van der Waals surface area (Å²) >= 11 is 0. The van der Waals surface area contributed by atoms with Crippen molar-refractivity contribution in [3.8, 4) is 5.75 Å². The molecule has 0 saturated heterocycles. The van der Waals surface area contributed by atoms with Crippen molar-refractivity contribution in [2.75, 3.05) is 19.0 Å². The molecule has 1 aliphatic rings. The van der Waals surface area contributed by atoms with Crippen molar-refractivity contribution < 1.29 is 22.7 Å². The van der Waals surface area contributed by atoms with E-state index in [9.17, 15) is 18.0 Å². The predicted molar refractivity (Wildman–Crippen MR) is 91.3 cm³/mol. The standard InChI is InChI=1S/C17H16N2O5S/c1-3-24-13-7-5-12(6-8-13)18-16(20)11-4-9-14-15(10-11)25(22,23)19(2)17(14)21/h4-10H,3H2,1-2H3,(H,18,20). The first-order chi connectivity index (χ1) is 11.8. The van der Waals surface area contributed by atoms with Gasteiger partial charge in [-0.15, -0.1) is 0 Å². The Balaban J connectivity index is 1.85. The first-order valence-corrected chi connectivity index (χ1v) is 9.00. The monoisotopic (exact) mass is 360 g/mol. The lowest BCUT2D eigenvalue weighted by Gasteiger charge is -2.08. The first-order valence-electron chi connectivity index (χ1n) is 7.56. The van der Waals surface area contributed by atoms with Crippen molar-refractivity contribution in [3.63, 3.8) is 0 Å².